The quantitative estimate of drug-likeness (QED) is 0.262. The zero-order valence-corrected chi connectivity index (χ0v) is 25.3. The Labute approximate surface area is 217 Å². The first-order chi connectivity index (χ1) is 16.5. The van der Waals surface area contributed by atoms with E-state index in [0.717, 1.165) is 0 Å². The third-order valence-electron chi connectivity index (χ3n) is 6.54. The van der Waals surface area contributed by atoms with E-state index in [1.54, 1.807) is 0 Å². The second-order valence-electron chi connectivity index (χ2n) is 10.8. The maximum Gasteiger partial charge on any atom is 0.0539 e. The first-order valence-electron chi connectivity index (χ1n) is 13.2. The van der Waals surface area contributed by atoms with Gasteiger partial charge in [0.2, 0.25) is 0 Å². The molecule has 0 heterocycles. The van der Waals surface area contributed by atoms with Crippen LogP contribution in [0.4, 0.5) is 17.1 Å². The zero-order valence-electron chi connectivity index (χ0n) is 23.5. The molecule has 0 saturated carbocycles. The molecule has 0 aliphatic heterocycles. The predicted molar refractivity (Wildman–Crippen MR) is 164 cm³/mol. The van der Waals surface area contributed by atoms with E-state index in [1.165, 1.54) is 38.8 Å². The summed E-state index contributed by atoms with van der Waals surface area (Å²) in [7, 11) is -0.633. The van der Waals surface area contributed by atoms with E-state index in [0.29, 0.717) is 22.6 Å². The highest BCUT2D eigenvalue weighted by Crippen LogP contribution is 2.52. The highest BCUT2D eigenvalue weighted by Gasteiger charge is 2.29. The smallest absolute Gasteiger partial charge is 0.0539 e. The number of aryl methyl sites for hydroxylation is 2. The van der Waals surface area contributed by atoms with Gasteiger partial charge in [0.15, 0.2) is 0 Å². The SMILES string of the molecule is Cc1ccc(N(c2ccccc2)c2ccc(C)cc2P(C(C)C)C(C)C)c(P(C(C)C)C(C)C)c1. The van der Waals surface area contributed by atoms with Gasteiger partial charge in [-0.15, -0.1) is 0 Å². The summed E-state index contributed by atoms with van der Waals surface area (Å²) in [5.41, 5.74) is 9.16. The minimum Gasteiger partial charge on any atom is -0.309 e. The molecule has 0 aromatic heterocycles. The van der Waals surface area contributed by atoms with Crippen molar-refractivity contribution in [2.24, 2.45) is 0 Å². The molecule has 0 aliphatic carbocycles. The summed E-state index contributed by atoms with van der Waals surface area (Å²) in [6.45, 7) is 23.7. The van der Waals surface area contributed by atoms with Gasteiger partial charge < -0.3 is 4.90 Å². The monoisotopic (exact) mass is 505 g/mol. The number of nitrogens with zero attached hydrogens (tertiary/aromatic N) is 1. The molecule has 3 heteroatoms. The fourth-order valence-corrected chi connectivity index (χ4v) is 11.5. The molecule has 1 nitrogen and oxygen atoms in total. The molecule has 0 amide bonds. The van der Waals surface area contributed by atoms with Gasteiger partial charge in [-0.1, -0.05) is 113 Å². The number of rotatable bonds is 9. The van der Waals surface area contributed by atoms with Gasteiger partial charge in [-0.05, 0) is 72.9 Å². The molecule has 0 unspecified atom stereocenters. The van der Waals surface area contributed by atoms with Crippen LogP contribution in [0.3, 0.4) is 0 Å². The standard InChI is InChI=1S/C32H45NP2/c1-22(2)34(23(3)4)31-20-26(9)16-18-29(31)33(28-14-12-11-13-15-28)30-19-17-27(10)21-32(30)35(24(5)6)25(7)8/h11-25H,1-10H3. The van der Waals surface area contributed by atoms with Crippen LogP contribution in [0.15, 0.2) is 66.7 Å². The van der Waals surface area contributed by atoms with Crippen molar-refractivity contribution in [1.82, 2.24) is 0 Å². The molecule has 0 spiro atoms. The van der Waals surface area contributed by atoms with Crippen LogP contribution in [-0.4, -0.2) is 22.6 Å². The van der Waals surface area contributed by atoms with Gasteiger partial charge in [-0.2, -0.15) is 0 Å². The van der Waals surface area contributed by atoms with Crippen molar-refractivity contribution in [3.05, 3.63) is 77.9 Å². The molecule has 0 fully saturated rings. The van der Waals surface area contributed by atoms with Crippen LogP contribution in [0, 0.1) is 13.8 Å². The van der Waals surface area contributed by atoms with Crippen LogP contribution in [-0.2, 0) is 0 Å². The van der Waals surface area contributed by atoms with Gasteiger partial charge in [0.25, 0.3) is 0 Å². The molecule has 0 N–H and O–H groups in total. The Morgan fingerprint density at radius 3 is 1.23 bits per heavy atom. The lowest BCUT2D eigenvalue weighted by Gasteiger charge is -2.37. The van der Waals surface area contributed by atoms with Crippen molar-refractivity contribution >= 4 is 43.5 Å². The minimum absolute atomic E-state index is 0.316. The minimum atomic E-state index is -0.316. The molecule has 0 atom stereocenters. The Morgan fingerprint density at radius 2 is 0.886 bits per heavy atom. The molecule has 35 heavy (non-hydrogen) atoms. The van der Waals surface area contributed by atoms with Crippen LogP contribution in [0.5, 0.6) is 0 Å². The molecular weight excluding hydrogens is 460 g/mol. The first-order valence-corrected chi connectivity index (χ1v) is 16.1. The van der Waals surface area contributed by atoms with Crippen LogP contribution >= 0.6 is 15.8 Å². The van der Waals surface area contributed by atoms with E-state index < -0.39 is 0 Å². The highest BCUT2D eigenvalue weighted by atomic mass is 31.1. The largest absolute Gasteiger partial charge is 0.309 e. The highest BCUT2D eigenvalue weighted by molar-refractivity contribution is 7.67. The number of para-hydroxylation sites is 1. The normalized spacial score (nSPS) is 12.1. The molecule has 0 saturated heterocycles. The summed E-state index contributed by atoms with van der Waals surface area (Å²) in [5.74, 6) is 0. The van der Waals surface area contributed by atoms with Gasteiger partial charge in [0, 0.05) is 16.3 Å². The number of hydrogen-bond acceptors (Lipinski definition) is 1. The predicted octanol–water partition coefficient (Wildman–Crippen LogP) is 9.62. The van der Waals surface area contributed by atoms with Crippen LogP contribution in [0.1, 0.15) is 66.5 Å². The average Bonchev–Trinajstić information content (AvgIpc) is 2.76. The lowest BCUT2D eigenvalue weighted by Crippen LogP contribution is -2.27. The van der Waals surface area contributed by atoms with Crippen molar-refractivity contribution in [3.63, 3.8) is 0 Å². The number of hydrogen-bond donors (Lipinski definition) is 0. The number of benzene rings is 3. The Bertz CT molecular complexity index is 1020. The maximum atomic E-state index is 2.57. The zero-order chi connectivity index (χ0) is 25.9. The molecule has 3 rings (SSSR count). The summed E-state index contributed by atoms with van der Waals surface area (Å²) >= 11 is 0. The van der Waals surface area contributed by atoms with E-state index >= 15 is 0 Å². The van der Waals surface area contributed by atoms with Gasteiger partial charge >= 0.3 is 0 Å². The van der Waals surface area contributed by atoms with Crippen LogP contribution < -0.4 is 15.5 Å². The lowest BCUT2D eigenvalue weighted by atomic mass is 10.1. The second kappa shape index (κ2) is 12.0. The molecule has 3 aromatic rings. The third kappa shape index (κ3) is 6.37. The lowest BCUT2D eigenvalue weighted by molar-refractivity contribution is 1.02. The summed E-state index contributed by atoms with van der Waals surface area (Å²) in [5, 5.41) is 3.05. The summed E-state index contributed by atoms with van der Waals surface area (Å²) in [6, 6.07) is 25.3. The molecule has 0 radical (unpaired) electrons. The molecular formula is C32H45NP2. The Kier molecular flexibility index (Phi) is 9.60. The van der Waals surface area contributed by atoms with Crippen molar-refractivity contribution in [2.45, 2.75) is 91.9 Å². The van der Waals surface area contributed by atoms with E-state index in [-0.39, 0.29) is 15.8 Å². The fourth-order valence-electron chi connectivity index (χ4n) is 5.35. The third-order valence-corrected chi connectivity index (χ3v) is 12.8. The Morgan fingerprint density at radius 1 is 0.514 bits per heavy atom. The van der Waals surface area contributed by atoms with Crippen LogP contribution in [0.25, 0.3) is 0 Å². The van der Waals surface area contributed by atoms with Crippen molar-refractivity contribution in [2.75, 3.05) is 4.90 Å². The molecule has 188 valence electrons. The summed E-state index contributed by atoms with van der Waals surface area (Å²) in [4.78, 5) is 2.57. The van der Waals surface area contributed by atoms with E-state index in [4.69, 9.17) is 0 Å². The van der Waals surface area contributed by atoms with E-state index in [1.807, 2.05) is 0 Å². The summed E-state index contributed by atoms with van der Waals surface area (Å²) < 4.78 is 0. The van der Waals surface area contributed by atoms with Crippen molar-refractivity contribution in [3.8, 4) is 0 Å². The van der Waals surface area contributed by atoms with Crippen LogP contribution in [0.2, 0.25) is 0 Å². The van der Waals surface area contributed by atoms with E-state index in [2.05, 4.69) is 141 Å². The Hall–Kier alpha value is -1.68. The topological polar surface area (TPSA) is 3.24 Å². The molecule has 0 bridgehead atoms. The second-order valence-corrected chi connectivity index (χ2v) is 17.6. The molecule has 3 aromatic carbocycles. The van der Waals surface area contributed by atoms with Crippen molar-refractivity contribution in [1.29, 1.82) is 0 Å². The first kappa shape index (κ1) is 27.9. The number of anilines is 3. The molecule has 0 aliphatic rings. The Balaban J connectivity index is 2.39. The fraction of sp³-hybridized carbons (Fsp3) is 0.438. The summed E-state index contributed by atoms with van der Waals surface area (Å²) in [6.07, 6.45) is 0. The maximum absolute atomic E-state index is 2.57. The van der Waals surface area contributed by atoms with Gasteiger partial charge in [0.05, 0.1) is 11.4 Å². The van der Waals surface area contributed by atoms with Gasteiger partial charge in [0.1, 0.15) is 0 Å². The van der Waals surface area contributed by atoms with E-state index in [9.17, 15) is 0 Å². The van der Waals surface area contributed by atoms with Gasteiger partial charge in [-0.25, -0.2) is 0 Å². The van der Waals surface area contributed by atoms with Gasteiger partial charge in [-0.3, -0.25) is 0 Å². The van der Waals surface area contributed by atoms with Crippen molar-refractivity contribution < 1.29 is 0 Å². The average molecular weight is 506 g/mol.